The highest BCUT2D eigenvalue weighted by Crippen LogP contribution is 2.36. The molecule has 3 N–H and O–H groups in total. The highest BCUT2D eigenvalue weighted by molar-refractivity contribution is 5.97. The number of hydrogen-bond donors (Lipinski definition) is 2. The van der Waals surface area contributed by atoms with Crippen molar-refractivity contribution in [3.05, 3.63) is 34.9 Å². The third-order valence-electron chi connectivity index (χ3n) is 3.78. The summed E-state index contributed by atoms with van der Waals surface area (Å²) in [5, 5.41) is 1.96. The molecule has 162 valence electrons. The minimum Gasteiger partial charge on any atom is -0.466 e. The summed E-state index contributed by atoms with van der Waals surface area (Å²) in [4.78, 5) is 35.4. The number of rotatable bonds is 7. The van der Waals surface area contributed by atoms with Gasteiger partial charge in [0.05, 0.1) is 23.7 Å². The standard InChI is InChI=1S/C17H18F6N2O4/c1-3-29-15(28)8(2)4-12(13(24)26)25-14(27)9-5-10(16(18,19)20)7-11(6-9)17(21,22)23/h5-8,12H,3-4H2,1-2H3,(H2,24,26)(H,25,27)/t8-,12+/m0/s1. The van der Waals surface area contributed by atoms with E-state index in [0.29, 0.717) is 0 Å². The van der Waals surface area contributed by atoms with Crippen molar-refractivity contribution in [3.8, 4) is 0 Å². The first-order valence-electron chi connectivity index (χ1n) is 8.23. The molecule has 1 rings (SSSR count). The van der Waals surface area contributed by atoms with Crippen molar-refractivity contribution in [1.82, 2.24) is 5.32 Å². The van der Waals surface area contributed by atoms with Gasteiger partial charge in [0.1, 0.15) is 6.04 Å². The predicted molar refractivity (Wildman–Crippen MR) is 87.3 cm³/mol. The van der Waals surface area contributed by atoms with Crippen LogP contribution in [0.25, 0.3) is 0 Å². The third-order valence-corrected chi connectivity index (χ3v) is 3.78. The van der Waals surface area contributed by atoms with Crippen molar-refractivity contribution >= 4 is 17.8 Å². The summed E-state index contributed by atoms with van der Waals surface area (Å²) < 4.78 is 82.1. The van der Waals surface area contributed by atoms with Crippen LogP contribution in [0.1, 0.15) is 41.8 Å². The summed E-state index contributed by atoms with van der Waals surface area (Å²) in [5.41, 5.74) is 0.774. The molecule has 0 saturated heterocycles. The number of nitrogens with two attached hydrogens (primary N) is 1. The summed E-state index contributed by atoms with van der Waals surface area (Å²) in [6.07, 6.45) is -10.6. The van der Waals surface area contributed by atoms with Crippen LogP contribution in [-0.4, -0.2) is 30.4 Å². The number of benzene rings is 1. The predicted octanol–water partition coefficient (Wildman–Crippen LogP) is 2.90. The monoisotopic (exact) mass is 428 g/mol. The van der Waals surface area contributed by atoms with E-state index in [9.17, 15) is 40.7 Å². The van der Waals surface area contributed by atoms with E-state index in [1.807, 2.05) is 5.32 Å². The summed E-state index contributed by atoms with van der Waals surface area (Å²) >= 11 is 0. The lowest BCUT2D eigenvalue weighted by Gasteiger charge is -2.20. The first-order chi connectivity index (χ1) is 13.2. The number of alkyl halides is 6. The number of esters is 1. The van der Waals surface area contributed by atoms with Gasteiger partial charge in [0.15, 0.2) is 0 Å². The minimum atomic E-state index is -5.14. The van der Waals surface area contributed by atoms with Crippen molar-refractivity contribution in [2.24, 2.45) is 11.7 Å². The molecule has 0 heterocycles. The van der Waals surface area contributed by atoms with Crippen molar-refractivity contribution < 1.29 is 45.5 Å². The Bertz CT molecular complexity index is 744. The number of ether oxygens (including phenoxy) is 1. The minimum absolute atomic E-state index is 0.0429. The van der Waals surface area contributed by atoms with Crippen LogP contribution in [-0.2, 0) is 26.7 Å². The number of hydrogen-bond acceptors (Lipinski definition) is 4. The second-order valence-corrected chi connectivity index (χ2v) is 6.11. The lowest BCUT2D eigenvalue weighted by molar-refractivity contribution is -0.148. The lowest BCUT2D eigenvalue weighted by Crippen LogP contribution is -2.46. The van der Waals surface area contributed by atoms with Gasteiger partial charge in [-0.1, -0.05) is 6.92 Å². The highest BCUT2D eigenvalue weighted by atomic mass is 19.4. The van der Waals surface area contributed by atoms with E-state index in [1.165, 1.54) is 13.8 Å². The van der Waals surface area contributed by atoms with Gasteiger partial charge >= 0.3 is 18.3 Å². The summed E-state index contributed by atoms with van der Waals surface area (Å²) in [6, 6.07) is -1.22. The molecule has 2 amide bonds. The number of carbonyl (C=O) groups excluding carboxylic acids is 3. The molecule has 0 aliphatic heterocycles. The Hall–Kier alpha value is -2.79. The molecule has 0 spiro atoms. The summed E-state index contributed by atoms with van der Waals surface area (Å²) in [6.45, 7) is 2.93. The van der Waals surface area contributed by atoms with E-state index in [1.54, 1.807) is 0 Å². The molecule has 0 radical (unpaired) electrons. The van der Waals surface area contributed by atoms with Gasteiger partial charge in [-0.3, -0.25) is 14.4 Å². The van der Waals surface area contributed by atoms with Gasteiger partial charge in [-0.15, -0.1) is 0 Å². The average molecular weight is 428 g/mol. The van der Waals surface area contributed by atoms with Gasteiger partial charge < -0.3 is 15.8 Å². The van der Waals surface area contributed by atoms with Crippen molar-refractivity contribution in [1.29, 1.82) is 0 Å². The topological polar surface area (TPSA) is 98.5 Å². The molecular weight excluding hydrogens is 410 g/mol. The van der Waals surface area contributed by atoms with Crippen LogP contribution in [0.2, 0.25) is 0 Å². The van der Waals surface area contributed by atoms with Gasteiger partial charge in [-0.25, -0.2) is 0 Å². The van der Waals surface area contributed by atoms with Crippen molar-refractivity contribution in [3.63, 3.8) is 0 Å². The number of primary amides is 1. The molecule has 0 saturated carbocycles. The highest BCUT2D eigenvalue weighted by Gasteiger charge is 2.38. The maximum atomic E-state index is 12.9. The Balaban J connectivity index is 3.17. The quantitative estimate of drug-likeness (QED) is 0.516. The molecular formula is C17H18F6N2O4. The third kappa shape index (κ3) is 6.95. The lowest BCUT2D eigenvalue weighted by atomic mass is 10.00. The fraction of sp³-hybridized carbons (Fsp3) is 0.471. The molecule has 0 aliphatic rings. The molecule has 12 heteroatoms. The molecule has 29 heavy (non-hydrogen) atoms. The second kappa shape index (κ2) is 9.14. The fourth-order valence-electron chi connectivity index (χ4n) is 2.31. The summed E-state index contributed by atoms with van der Waals surface area (Å²) in [7, 11) is 0. The van der Waals surface area contributed by atoms with Gasteiger partial charge in [0, 0.05) is 5.56 Å². The van der Waals surface area contributed by atoms with Crippen LogP contribution in [0.4, 0.5) is 26.3 Å². The molecule has 2 atom stereocenters. The Kier molecular flexibility index (Phi) is 7.64. The van der Waals surface area contributed by atoms with E-state index >= 15 is 0 Å². The normalized spacial score (nSPS) is 14.1. The zero-order valence-electron chi connectivity index (χ0n) is 15.3. The van der Waals surface area contributed by atoms with E-state index in [4.69, 9.17) is 10.5 Å². The molecule has 0 aromatic heterocycles. The van der Waals surface area contributed by atoms with Crippen molar-refractivity contribution in [2.45, 2.75) is 38.7 Å². The van der Waals surface area contributed by atoms with E-state index in [0.717, 1.165) is 0 Å². The Morgan fingerprint density at radius 2 is 1.52 bits per heavy atom. The zero-order chi connectivity index (χ0) is 22.6. The molecule has 0 bridgehead atoms. The van der Waals surface area contributed by atoms with Crippen LogP contribution < -0.4 is 11.1 Å². The number of nitrogens with one attached hydrogen (secondary N) is 1. The van der Waals surface area contributed by atoms with Gasteiger partial charge in [0.2, 0.25) is 5.91 Å². The van der Waals surface area contributed by atoms with E-state index < -0.39 is 58.8 Å². The molecule has 0 fully saturated rings. The van der Waals surface area contributed by atoms with Gasteiger partial charge in [0.25, 0.3) is 5.91 Å². The number of amides is 2. The van der Waals surface area contributed by atoms with Gasteiger partial charge in [-0.2, -0.15) is 26.3 Å². The zero-order valence-corrected chi connectivity index (χ0v) is 15.3. The van der Waals surface area contributed by atoms with Crippen LogP contribution in [0.15, 0.2) is 18.2 Å². The first-order valence-corrected chi connectivity index (χ1v) is 8.23. The van der Waals surface area contributed by atoms with Crippen LogP contribution in [0.5, 0.6) is 0 Å². The molecule has 6 nitrogen and oxygen atoms in total. The summed E-state index contributed by atoms with van der Waals surface area (Å²) in [5.74, 6) is -4.15. The Morgan fingerprint density at radius 3 is 1.90 bits per heavy atom. The van der Waals surface area contributed by atoms with Crippen LogP contribution in [0.3, 0.4) is 0 Å². The molecule has 0 aliphatic carbocycles. The largest absolute Gasteiger partial charge is 0.466 e. The number of carbonyl (C=O) groups is 3. The van der Waals surface area contributed by atoms with Crippen molar-refractivity contribution in [2.75, 3.05) is 6.61 Å². The molecule has 0 unspecified atom stereocenters. The SMILES string of the molecule is CCOC(=O)[C@@H](C)C[C@@H](NC(=O)c1cc(C(F)(F)F)cc(C(F)(F)F)c1)C(N)=O. The Labute approximate surface area is 161 Å². The fourth-order valence-corrected chi connectivity index (χ4v) is 2.31. The van der Waals surface area contributed by atoms with E-state index in [2.05, 4.69) is 0 Å². The van der Waals surface area contributed by atoms with Crippen LogP contribution in [0, 0.1) is 5.92 Å². The van der Waals surface area contributed by atoms with Gasteiger partial charge in [-0.05, 0) is 31.5 Å². The molecule has 1 aromatic carbocycles. The number of halogens is 6. The molecule has 1 aromatic rings. The van der Waals surface area contributed by atoms with E-state index in [-0.39, 0.29) is 31.2 Å². The van der Waals surface area contributed by atoms with Crippen LogP contribution >= 0.6 is 0 Å². The Morgan fingerprint density at radius 1 is 1.03 bits per heavy atom. The smallest absolute Gasteiger partial charge is 0.416 e. The maximum Gasteiger partial charge on any atom is 0.416 e. The maximum absolute atomic E-state index is 12.9. The average Bonchev–Trinajstić information content (AvgIpc) is 2.59. The first kappa shape index (κ1) is 24.2. The second-order valence-electron chi connectivity index (χ2n) is 6.11.